The molecule has 2 aromatic heterocycles. The highest BCUT2D eigenvalue weighted by Gasteiger charge is 2.41. The highest BCUT2D eigenvalue weighted by atomic mass is 32.1. The van der Waals surface area contributed by atoms with Gasteiger partial charge in [0.25, 0.3) is 0 Å². The van der Waals surface area contributed by atoms with E-state index in [0.717, 1.165) is 28.2 Å². The van der Waals surface area contributed by atoms with Crippen molar-refractivity contribution >= 4 is 18.7 Å². The van der Waals surface area contributed by atoms with Crippen molar-refractivity contribution in [3.8, 4) is 16.2 Å². The van der Waals surface area contributed by atoms with E-state index in [1.54, 1.807) is 35.9 Å². The zero-order chi connectivity index (χ0) is 22.1. The van der Waals surface area contributed by atoms with Gasteiger partial charge in [0.2, 0.25) is 7.37 Å². The average Bonchev–Trinajstić information content (AvgIpc) is 3.19. The van der Waals surface area contributed by atoms with Crippen molar-refractivity contribution in [1.29, 1.82) is 0 Å². The van der Waals surface area contributed by atoms with Crippen molar-refractivity contribution in [2.75, 3.05) is 12.8 Å². The van der Waals surface area contributed by atoms with Crippen LogP contribution in [0.3, 0.4) is 0 Å². The van der Waals surface area contributed by atoms with Crippen LogP contribution < -0.4 is 0 Å². The van der Waals surface area contributed by atoms with Gasteiger partial charge in [0.1, 0.15) is 5.75 Å². The Bertz CT molecular complexity index is 1080. The highest BCUT2D eigenvalue weighted by Crippen LogP contribution is 2.59. The summed E-state index contributed by atoms with van der Waals surface area (Å²) in [5.74, 6) is 0.260. The minimum atomic E-state index is -2.81. The van der Waals surface area contributed by atoms with Crippen LogP contribution in [0, 0.1) is 12.3 Å². The maximum absolute atomic E-state index is 13.9. The summed E-state index contributed by atoms with van der Waals surface area (Å²) in [6.45, 7) is 6.79. The summed E-state index contributed by atoms with van der Waals surface area (Å²) < 4.78 is 20.0. The average molecular weight is 457 g/mol. The van der Waals surface area contributed by atoms with Gasteiger partial charge < -0.3 is 9.63 Å². The predicted molar refractivity (Wildman–Crippen MR) is 126 cm³/mol. The monoisotopic (exact) mass is 456 g/mol. The van der Waals surface area contributed by atoms with Crippen LogP contribution in [0.4, 0.5) is 0 Å². The Morgan fingerprint density at radius 2 is 1.94 bits per heavy atom. The van der Waals surface area contributed by atoms with Crippen molar-refractivity contribution in [1.82, 2.24) is 9.97 Å². The molecule has 7 heteroatoms. The van der Waals surface area contributed by atoms with Gasteiger partial charge in [-0.25, -0.2) is 0 Å². The molecule has 0 spiro atoms. The van der Waals surface area contributed by atoms with Gasteiger partial charge in [-0.3, -0.25) is 14.5 Å². The molecule has 164 valence electrons. The number of phenolic OH excluding ortho intramolecular Hbond substituents is 1. The molecule has 2 atom stereocenters. The largest absolute Gasteiger partial charge is 0.508 e. The Morgan fingerprint density at radius 3 is 2.61 bits per heavy atom. The fourth-order valence-corrected chi connectivity index (χ4v) is 8.22. The molecule has 5 nitrogen and oxygen atoms in total. The van der Waals surface area contributed by atoms with Crippen LogP contribution in [0.15, 0.2) is 48.8 Å². The number of aromatic hydroxyl groups is 1. The predicted octanol–water partition coefficient (Wildman–Crippen LogP) is 6.10. The third-order valence-electron chi connectivity index (χ3n) is 5.83. The molecule has 31 heavy (non-hydrogen) atoms. The van der Waals surface area contributed by atoms with E-state index in [0.29, 0.717) is 25.6 Å². The standard InChI is InChI=1S/C24H29N2O3PS/c1-17-14-25-15-19(26-17)12-21(30(28)11-10-24(2,3)16-29-30)13-22-8-9-23(31-22)18-4-6-20(27)7-5-18/h4-9,14-15,21,27H,10-13,16H2,1-3H3. The minimum absolute atomic E-state index is 0.0660. The van der Waals surface area contributed by atoms with E-state index in [2.05, 4.69) is 35.9 Å². The minimum Gasteiger partial charge on any atom is -0.508 e. The van der Waals surface area contributed by atoms with Crippen LogP contribution in [0.25, 0.3) is 10.4 Å². The second-order valence-corrected chi connectivity index (χ2v) is 13.2. The molecular weight excluding hydrogens is 427 g/mol. The zero-order valence-corrected chi connectivity index (χ0v) is 20.0. The van der Waals surface area contributed by atoms with Crippen molar-refractivity contribution < 1.29 is 14.2 Å². The quantitative estimate of drug-likeness (QED) is 0.454. The Labute approximate surface area is 188 Å². The molecular formula is C24H29N2O3PS. The molecule has 2 unspecified atom stereocenters. The second-order valence-electron chi connectivity index (χ2n) is 9.16. The molecule has 1 N–H and O–H groups in total. The number of benzene rings is 1. The van der Waals surface area contributed by atoms with Crippen LogP contribution in [-0.4, -0.2) is 33.5 Å². The van der Waals surface area contributed by atoms with Gasteiger partial charge in [-0.15, -0.1) is 11.3 Å². The molecule has 3 heterocycles. The lowest BCUT2D eigenvalue weighted by atomic mass is 9.92. The van der Waals surface area contributed by atoms with Gasteiger partial charge in [-0.1, -0.05) is 13.8 Å². The SMILES string of the molecule is Cc1cncc(CC(Cc2ccc(-c3ccc(O)cc3)s2)P2(=O)CCC(C)(C)CO2)n1. The van der Waals surface area contributed by atoms with Crippen molar-refractivity contribution in [3.05, 3.63) is 65.1 Å². The lowest BCUT2D eigenvalue weighted by Crippen LogP contribution is -2.30. The fourth-order valence-electron chi connectivity index (χ4n) is 3.87. The first-order chi connectivity index (χ1) is 14.7. The molecule has 4 rings (SSSR count). The molecule has 1 aliphatic heterocycles. The molecule has 1 aliphatic rings. The number of hydrogen-bond donors (Lipinski definition) is 1. The number of hydrogen-bond acceptors (Lipinski definition) is 6. The zero-order valence-electron chi connectivity index (χ0n) is 18.2. The van der Waals surface area contributed by atoms with Crippen LogP contribution in [-0.2, 0) is 21.9 Å². The molecule has 0 saturated carbocycles. The van der Waals surface area contributed by atoms with Gasteiger partial charge in [0.15, 0.2) is 0 Å². The topological polar surface area (TPSA) is 72.3 Å². The number of aryl methyl sites for hydroxylation is 1. The van der Waals surface area contributed by atoms with Crippen molar-refractivity contribution in [2.45, 2.75) is 45.7 Å². The van der Waals surface area contributed by atoms with Gasteiger partial charge in [-0.2, -0.15) is 0 Å². The molecule has 1 fully saturated rings. The van der Waals surface area contributed by atoms with E-state index in [1.165, 1.54) is 4.88 Å². The summed E-state index contributed by atoms with van der Waals surface area (Å²) in [5, 5.41) is 9.54. The van der Waals surface area contributed by atoms with E-state index in [-0.39, 0.29) is 16.8 Å². The summed E-state index contributed by atoms with van der Waals surface area (Å²) >= 11 is 1.70. The molecule has 0 amide bonds. The molecule has 3 aromatic rings. The number of thiophene rings is 1. The Hall–Kier alpha value is -2.01. The van der Waals surface area contributed by atoms with E-state index < -0.39 is 7.37 Å². The van der Waals surface area contributed by atoms with E-state index >= 15 is 0 Å². The first-order valence-electron chi connectivity index (χ1n) is 10.6. The second kappa shape index (κ2) is 8.85. The van der Waals surface area contributed by atoms with Crippen LogP contribution >= 0.6 is 18.7 Å². The van der Waals surface area contributed by atoms with E-state index in [9.17, 15) is 9.67 Å². The van der Waals surface area contributed by atoms with Gasteiger partial charge in [0, 0.05) is 40.4 Å². The lowest BCUT2D eigenvalue weighted by molar-refractivity contribution is 0.151. The molecule has 0 bridgehead atoms. The third-order valence-corrected chi connectivity index (χ3v) is 9.88. The number of nitrogens with zero attached hydrogens (tertiary/aromatic N) is 2. The number of phenols is 1. The number of aromatic nitrogens is 2. The van der Waals surface area contributed by atoms with Crippen molar-refractivity contribution in [3.63, 3.8) is 0 Å². The Morgan fingerprint density at radius 1 is 1.16 bits per heavy atom. The van der Waals surface area contributed by atoms with Crippen LogP contribution in [0.5, 0.6) is 5.75 Å². The van der Waals surface area contributed by atoms with Gasteiger partial charge in [0.05, 0.1) is 18.0 Å². The van der Waals surface area contributed by atoms with Crippen LogP contribution in [0.2, 0.25) is 0 Å². The summed E-state index contributed by atoms with van der Waals surface area (Å²) in [6.07, 6.45) is 6.32. The van der Waals surface area contributed by atoms with E-state index in [4.69, 9.17) is 4.52 Å². The summed E-state index contributed by atoms with van der Waals surface area (Å²) in [6, 6.07) is 11.4. The van der Waals surface area contributed by atoms with Gasteiger partial charge >= 0.3 is 0 Å². The molecule has 1 saturated heterocycles. The smallest absolute Gasteiger partial charge is 0.206 e. The normalized spacial score (nSPS) is 21.6. The maximum Gasteiger partial charge on any atom is 0.206 e. The highest BCUT2D eigenvalue weighted by molar-refractivity contribution is 7.59. The first kappa shape index (κ1) is 22.2. The molecule has 1 aromatic carbocycles. The fraction of sp³-hybridized carbons (Fsp3) is 0.417. The van der Waals surface area contributed by atoms with Gasteiger partial charge in [-0.05, 0) is 67.1 Å². The van der Waals surface area contributed by atoms with Crippen molar-refractivity contribution in [2.24, 2.45) is 5.41 Å². The van der Waals surface area contributed by atoms with Crippen LogP contribution in [0.1, 0.15) is 36.5 Å². The lowest BCUT2D eigenvalue weighted by Gasteiger charge is -2.38. The summed E-state index contributed by atoms with van der Waals surface area (Å²) in [7, 11) is -2.81. The summed E-state index contributed by atoms with van der Waals surface area (Å²) in [5.41, 5.74) is 2.75. The third kappa shape index (κ3) is 5.43. The van der Waals surface area contributed by atoms with E-state index in [1.807, 2.05) is 19.1 Å². The first-order valence-corrected chi connectivity index (χ1v) is 13.3. The Balaban J connectivity index is 1.59. The number of rotatable bonds is 6. The summed E-state index contributed by atoms with van der Waals surface area (Å²) in [4.78, 5) is 11.2. The maximum atomic E-state index is 13.9. The Kier molecular flexibility index (Phi) is 6.34. The molecule has 0 radical (unpaired) electrons. The molecule has 0 aliphatic carbocycles.